The molecule has 0 atom stereocenters. The predicted molar refractivity (Wildman–Crippen MR) is 116 cm³/mol. The molecule has 0 bridgehead atoms. The molecule has 0 saturated heterocycles. The summed E-state index contributed by atoms with van der Waals surface area (Å²) in [7, 11) is 4.59. The van der Waals surface area contributed by atoms with Crippen LogP contribution in [-0.4, -0.2) is 47.9 Å². The zero-order valence-electron chi connectivity index (χ0n) is 17.1. The van der Waals surface area contributed by atoms with Gasteiger partial charge in [0.05, 0.1) is 27.1 Å². The summed E-state index contributed by atoms with van der Waals surface area (Å²) in [6.07, 6.45) is 0. The van der Waals surface area contributed by atoms with Crippen molar-refractivity contribution in [1.29, 1.82) is 0 Å². The quantitative estimate of drug-likeness (QED) is 0.415. The van der Waals surface area contributed by atoms with E-state index in [4.69, 9.17) is 20.1 Å². The summed E-state index contributed by atoms with van der Waals surface area (Å²) in [5, 5.41) is 11.5. The second-order valence-electron chi connectivity index (χ2n) is 6.29. The van der Waals surface area contributed by atoms with Crippen molar-refractivity contribution in [2.24, 2.45) is 0 Å². The standard InChI is InChI=1S/C20H23N5O4S/c1-12-5-7-14(8-6-12)22-17(26)11-30-20-24-23-19(25(20)21)13-9-15(27-2)18(29-4)16(10-13)28-3/h5-10H,11,21H2,1-4H3,(H,22,26). The number of rotatable bonds is 8. The number of aromatic nitrogens is 3. The van der Waals surface area contributed by atoms with Crippen LogP contribution in [-0.2, 0) is 4.79 Å². The second kappa shape index (κ2) is 9.40. The summed E-state index contributed by atoms with van der Waals surface area (Å²) in [5.74, 6) is 7.96. The lowest BCUT2D eigenvalue weighted by molar-refractivity contribution is -0.113. The second-order valence-corrected chi connectivity index (χ2v) is 7.24. The van der Waals surface area contributed by atoms with E-state index in [0.717, 1.165) is 11.3 Å². The number of aryl methyl sites for hydroxylation is 1. The minimum atomic E-state index is -0.166. The van der Waals surface area contributed by atoms with E-state index in [0.29, 0.717) is 33.8 Å². The first-order valence-corrected chi connectivity index (χ1v) is 9.95. The van der Waals surface area contributed by atoms with Crippen LogP contribution in [0.3, 0.4) is 0 Å². The summed E-state index contributed by atoms with van der Waals surface area (Å²) in [6.45, 7) is 1.99. The molecule has 0 unspecified atom stereocenters. The molecule has 0 aliphatic rings. The molecule has 0 fully saturated rings. The number of carbonyl (C=O) groups excluding carboxylic acids is 1. The van der Waals surface area contributed by atoms with Crippen molar-refractivity contribution < 1.29 is 19.0 Å². The number of amides is 1. The first kappa shape index (κ1) is 21.3. The van der Waals surface area contributed by atoms with Crippen molar-refractivity contribution in [1.82, 2.24) is 14.9 Å². The smallest absolute Gasteiger partial charge is 0.234 e. The molecule has 1 heterocycles. The molecule has 3 N–H and O–H groups in total. The fourth-order valence-electron chi connectivity index (χ4n) is 2.75. The van der Waals surface area contributed by atoms with Gasteiger partial charge in [-0.05, 0) is 31.2 Å². The number of hydrogen-bond acceptors (Lipinski definition) is 8. The van der Waals surface area contributed by atoms with Crippen molar-refractivity contribution in [3.63, 3.8) is 0 Å². The summed E-state index contributed by atoms with van der Waals surface area (Å²) < 4.78 is 17.4. The molecule has 0 radical (unpaired) electrons. The van der Waals surface area contributed by atoms with Crippen LogP contribution < -0.4 is 25.4 Å². The zero-order chi connectivity index (χ0) is 21.7. The van der Waals surface area contributed by atoms with Crippen molar-refractivity contribution >= 4 is 23.4 Å². The van der Waals surface area contributed by atoms with Gasteiger partial charge in [-0.2, -0.15) is 0 Å². The van der Waals surface area contributed by atoms with E-state index < -0.39 is 0 Å². The highest BCUT2D eigenvalue weighted by molar-refractivity contribution is 7.99. The molecule has 0 aliphatic carbocycles. The Labute approximate surface area is 178 Å². The number of carbonyl (C=O) groups is 1. The van der Waals surface area contributed by atoms with Gasteiger partial charge in [-0.25, -0.2) is 4.68 Å². The van der Waals surface area contributed by atoms with Gasteiger partial charge in [0.2, 0.25) is 16.8 Å². The lowest BCUT2D eigenvalue weighted by Gasteiger charge is -2.13. The summed E-state index contributed by atoms with van der Waals surface area (Å²) in [5.41, 5.74) is 2.49. The third-order valence-electron chi connectivity index (χ3n) is 4.26. The third kappa shape index (κ3) is 4.60. The molecule has 0 spiro atoms. The van der Waals surface area contributed by atoms with Gasteiger partial charge in [-0.3, -0.25) is 4.79 Å². The maximum Gasteiger partial charge on any atom is 0.234 e. The Balaban J connectivity index is 1.74. The van der Waals surface area contributed by atoms with Gasteiger partial charge in [0, 0.05) is 11.3 Å². The number of anilines is 1. The van der Waals surface area contributed by atoms with E-state index in [1.807, 2.05) is 31.2 Å². The summed E-state index contributed by atoms with van der Waals surface area (Å²) >= 11 is 1.19. The Hall–Kier alpha value is -3.40. The molecule has 0 aliphatic heterocycles. The number of nitrogens with two attached hydrogens (primary N) is 1. The number of nitrogens with one attached hydrogen (secondary N) is 1. The molecule has 9 nitrogen and oxygen atoms in total. The highest BCUT2D eigenvalue weighted by Crippen LogP contribution is 2.40. The number of ether oxygens (including phenoxy) is 3. The van der Waals surface area contributed by atoms with Gasteiger partial charge in [-0.15, -0.1) is 10.2 Å². The molecule has 2 aromatic carbocycles. The fraction of sp³-hybridized carbons (Fsp3) is 0.250. The van der Waals surface area contributed by atoms with Gasteiger partial charge < -0.3 is 25.4 Å². The lowest BCUT2D eigenvalue weighted by atomic mass is 10.1. The van der Waals surface area contributed by atoms with Crippen LogP contribution in [0.4, 0.5) is 5.69 Å². The molecule has 3 aromatic rings. The number of thioether (sulfide) groups is 1. The van der Waals surface area contributed by atoms with E-state index in [9.17, 15) is 4.79 Å². The van der Waals surface area contributed by atoms with E-state index in [-0.39, 0.29) is 11.7 Å². The molecule has 1 amide bonds. The van der Waals surface area contributed by atoms with Crippen LogP contribution in [0.1, 0.15) is 5.56 Å². The molecule has 30 heavy (non-hydrogen) atoms. The molecule has 3 rings (SSSR count). The minimum absolute atomic E-state index is 0.137. The molecule has 1 aromatic heterocycles. The van der Waals surface area contributed by atoms with Gasteiger partial charge in [0.15, 0.2) is 17.3 Å². The van der Waals surface area contributed by atoms with E-state index in [1.54, 1.807) is 12.1 Å². The zero-order valence-corrected chi connectivity index (χ0v) is 17.9. The van der Waals surface area contributed by atoms with E-state index in [2.05, 4.69) is 15.5 Å². The molecule has 158 valence electrons. The summed E-state index contributed by atoms with van der Waals surface area (Å²) in [4.78, 5) is 12.2. The topological polar surface area (TPSA) is 114 Å². The van der Waals surface area contributed by atoms with Crippen molar-refractivity contribution in [2.75, 3.05) is 38.2 Å². The average molecular weight is 430 g/mol. The van der Waals surface area contributed by atoms with Gasteiger partial charge >= 0.3 is 0 Å². The SMILES string of the molecule is COc1cc(-c2nnc(SCC(=O)Nc3ccc(C)cc3)n2N)cc(OC)c1OC. The Morgan fingerprint density at radius 3 is 2.27 bits per heavy atom. The van der Waals surface area contributed by atoms with Crippen LogP contribution in [0.5, 0.6) is 17.2 Å². The maximum absolute atomic E-state index is 12.2. The van der Waals surface area contributed by atoms with Crippen LogP contribution in [0.25, 0.3) is 11.4 Å². The van der Waals surface area contributed by atoms with Crippen LogP contribution in [0.15, 0.2) is 41.6 Å². The molecule has 0 saturated carbocycles. The normalized spacial score (nSPS) is 10.5. The fourth-order valence-corrected chi connectivity index (χ4v) is 3.40. The first-order chi connectivity index (χ1) is 14.5. The molecular formula is C20H23N5O4S. The number of nitrogens with zero attached hydrogens (tertiary/aromatic N) is 3. The lowest BCUT2D eigenvalue weighted by Crippen LogP contribution is -2.16. The van der Waals surface area contributed by atoms with Gasteiger partial charge in [0.1, 0.15) is 0 Å². The van der Waals surface area contributed by atoms with E-state index >= 15 is 0 Å². The minimum Gasteiger partial charge on any atom is -0.493 e. The Morgan fingerprint density at radius 1 is 1.07 bits per heavy atom. The average Bonchev–Trinajstić information content (AvgIpc) is 3.13. The number of nitrogen functional groups attached to an aromatic ring is 1. The summed E-state index contributed by atoms with van der Waals surface area (Å²) in [6, 6.07) is 11.0. The Morgan fingerprint density at radius 2 is 1.70 bits per heavy atom. The van der Waals surface area contributed by atoms with Crippen molar-refractivity contribution in [3.05, 3.63) is 42.0 Å². The highest BCUT2D eigenvalue weighted by Gasteiger charge is 2.19. The maximum atomic E-state index is 12.2. The van der Waals surface area contributed by atoms with E-state index in [1.165, 1.54) is 37.8 Å². The first-order valence-electron chi connectivity index (χ1n) is 8.97. The van der Waals surface area contributed by atoms with Crippen molar-refractivity contribution in [2.45, 2.75) is 12.1 Å². The monoisotopic (exact) mass is 429 g/mol. The Kier molecular flexibility index (Phi) is 6.68. The predicted octanol–water partition coefficient (Wildman–Crippen LogP) is 2.72. The Bertz CT molecular complexity index is 1010. The third-order valence-corrected chi connectivity index (χ3v) is 5.20. The van der Waals surface area contributed by atoms with Gasteiger partial charge in [-0.1, -0.05) is 29.5 Å². The van der Waals surface area contributed by atoms with Crippen LogP contribution in [0, 0.1) is 6.92 Å². The number of hydrogen-bond donors (Lipinski definition) is 2. The highest BCUT2D eigenvalue weighted by atomic mass is 32.2. The van der Waals surface area contributed by atoms with Gasteiger partial charge in [0.25, 0.3) is 0 Å². The largest absolute Gasteiger partial charge is 0.493 e. The number of benzene rings is 2. The van der Waals surface area contributed by atoms with Crippen LogP contribution in [0.2, 0.25) is 0 Å². The number of methoxy groups -OCH3 is 3. The molecular weight excluding hydrogens is 406 g/mol. The van der Waals surface area contributed by atoms with Crippen LogP contribution >= 0.6 is 11.8 Å². The molecule has 10 heteroatoms. The van der Waals surface area contributed by atoms with Crippen molar-refractivity contribution in [3.8, 4) is 28.6 Å².